The van der Waals surface area contributed by atoms with Crippen LogP contribution in [0.3, 0.4) is 0 Å². The second-order valence-corrected chi connectivity index (χ2v) is 7.61. The molecule has 5 rings (SSSR count). The highest BCUT2D eigenvalue weighted by molar-refractivity contribution is 5.98. The molecule has 2 aromatic heterocycles. The van der Waals surface area contributed by atoms with E-state index in [0.29, 0.717) is 35.2 Å². The fourth-order valence-electron chi connectivity index (χ4n) is 4.24. The third-order valence-electron chi connectivity index (χ3n) is 5.79. The highest BCUT2D eigenvalue weighted by Crippen LogP contribution is 2.33. The second kappa shape index (κ2) is 6.98. The maximum atomic E-state index is 14.0. The van der Waals surface area contributed by atoms with E-state index in [2.05, 4.69) is 15.3 Å². The lowest BCUT2D eigenvalue weighted by Crippen LogP contribution is -2.42. The van der Waals surface area contributed by atoms with Crippen molar-refractivity contribution in [1.82, 2.24) is 20.2 Å². The Bertz CT molecular complexity index is 1430. The van der Waals surface area contributed by atoms with Crippen molar-refractivity contribution in [3.8, 4) is 0 Å². The van der Waals surface area contributed by atoms with Gasteiger partial charge in [-0.1, -0.05) is 6.07 Å². The number of amides is 1. The number of rotatable bonds is 2. The maximum Gasteiger partial charge on any atom is 0.270 e. The molecule has 1 aliphatic heterocycles. The number of aromatic nitrogens is 2. The molecule has 0 fully saturated rings. The predicted molar refractivity (Wildman–Crippen MR) is 109 cm³/mol. The monoisotopic (exact) mass is 426 g/mol. The number of nitrogens with one attached hydrogen (secondary N) is 3. The summed E-state index contributed by atoms with van der Waals surface area (Å²) >= 11 is 0. The van der Waals surface area contributed by atoms with Crippen LogP contribution in [0, 0.1) is 17.5 Å². The van der Waals surface area contributed by atoms with E-state index < -0.39 is 35.0 Å². The Kier molecular flexibility index (Phi) is 4.37. The molecule has 31 heavy (non-hydrogen) atoms. The van der Waals surface area contributed by atoms with Crippen LogP contribution in [-0.2, 0) is 6.54 Å². The summed E-state index contributed by atoms with van der Waals surface area (Å²) in [4.78, 5) is 32.6. The molecule has 2 aromatic carbocycles. The largest absolute Gasteiger partial charge is 0.350 e. The highest BCUT2D eigenvalue weighted by Gasteiger charge is 2.31. The number of fused-ring (bicyclic) bond motifs is 4. The van der Waals surface area contributed by atoms with Crippen molar-refractivity contribution in [2.24, 2.45) is 0 Å². The van der Waals surface area contributed by atoms with E-state index in [1.807, 2.05) is 0 Å². The van der Waals surface area contributed by atoms with Gasteiger partial charge >= 0.3 is 0 Å². The summed E-state index contributed by atoms with van der Waals surface area (Å²) in [7, 11) is 1.57. The topological polar surface area (TPSA) is 81.0 Å². The van der Waals surface area contributed by atoms with Gasteiger partial charge in [0, 0.05) is 42.3 Å². The first-order valence-corrected chi connectivity index (χ1v) is 9.64. The molecule has 6 nitrogen and oxygen atoms in total. The number of H-pyrrole nitrogens is 2. The van der Waals surface area contributed by atoms with Gasteiger partial charge in [0.15, 0.2) is 11.6 Å². The van der Waals surface area contributed by atoms with Gasteiger partial charge in [0.1, 0.15) is 11.5 Å². The zero-order valence-corrected chi connectivity index (χ0v) is 16.4. The molecule has 0 unspecified atom stereocenters. The fraction of sp³-hybridized carbons (Fsp3) is 0.182. The van der Waals surface area contributed by atoms with Crippen LogP contribution in [0.1, 0.15) is 27.8 Å². The molecule has 1 atom stereocenters. The van der Waals surface area contributed by atoms with Gasteiger partial charge < -0.3 is 20.2 Å². The van der Waals surface area contributed by atoms with Gasteiger partial charge in [-0.25, -0.2) is 13.2 Å². The Hall–Kier alpha value is -3.59. The van der Waals surface area contributed by atoms with Crippen molar-refractivity contribution in [2.75, 3.05) is 13.6 Å². The van der Waals surface area contributed by atoms with E-state index in [1.165, 1.54) is 17.0 Å². The number of pyridine rings is 1. The number of hydrogen-bond acceptors (Lipinski definition) is 3. The Balaban J connectivity index is 1.62. The van der Waals surface area contributed by atoms with Crippen molar-refractivity contribution < 1.29 is 18.0 Å². The first-order valence-electron chi connectivity index (χ1n) is 9.64. The van der Waals surface area contributed by atoms with Crippen molar-refractivity contribution in [2.45, 2.75) is 12.6 Å². The molecule has 9 heteroatoms. The van der Waals surface area contributed by atoms with Crippen LogP contribution in [-0.4, -0.2) is 34.4 Å². The number of carbonyl (C=O) groups excluding carboxylic acids is 1. The quantitative estimate of drug-likeness (QED) is 0.460. The summed E-state index contributed by atoms with van der Waals surface area (Å²) in [5.74, 6) is -3.04. The molecule has 0 bridgehead atoms. The zero-order chi connectivity index (χ0) is 21.9. The molecule has 1 aliphatic rings. The van der Waals surface area contributed by atoms with Crippen LogP contribution >= 0.6 is 0 Å². The average Bonchev–Trinajstić information content (AvgIpc) is 3.19. The fourth-order valence-corrected chi connectivity index (χ4v) is 4.24. The molecule has 3 heterocycles. The molecule has 4 aromatic rings. The lowest BCUT2D eigenvalue weighted by atomic mass is 9.93. The summed E-state index contributed by atoms with van der Waals surface area (Å²) < 4.78 is 41.8. The lowest BCUT2D eigenvalue weighted by Gasteiger charge is -2.34. The van der Waals surface area contributed by atoms with Crippen LogP contribution < -0.4 is 10.9 Å². The lowest BCUT2D eigenvalue weighted by molar-refractivity contribution is 0.0718. The number of aromatic amines is 2. The van der Waals surface area contributed by atoms with Gasteiger partial charge in [0.2, 0.25) is 0 Å². The number of halogens is 3. The van der Waals surface area contributed by atoms with Crippen LogP contribution in [0.2, 0.25) is 0 Å². The van der Waals surface area contributed by atoms with Crippen molar-refractivity contribution in [1.29, 1.82) is 0 Å². The molecule has 3 N–H and O–H groups in total. The van der Waals surface area contributed by atoms with Crippen molar-refractivity contribution >= 4 is 27.6 Å². The van der Waals surface area contributed by atoms with E-state index in [0.717, 1.165) is 12.1 Å². The minimum Gasteiger partial charge on any atom is -0.350 e. The number of carbonyl (C=O) groups is 1. The molecular formula is C22H17F3N4O2. The summed E-state index contributed by atoms with van der Waals surface area (Å²) in [5, 5.41) is 3.70. The van der Waals surface area contributed by atoms with Gasteiger partial charge in [-0.05, 0) is 35.7 Å². The zero-order valence-electron chi connectivity index (χ0n) is 16.4. The third kappa shape index (κ3) is 3.00. The minimum atomic E-state index is -1.12. The summed E-state index contributed by atoms with van der Waals surface area (Å²) in [5.41, 5.74) is 1.20. The molecule has 0 saturated heterocycles. The standard InChI is InChI=1S/C22H17F3N4O2/c1-29(22(31)17-7-12-13(23)3-2-4-16(12)27-17)19-9-26-8-18-20(19)10-5-14(24)15(25)6-11(10)21(30)28-18/h2-7,19,26-27H,8-9H2,1H3,(H,28,30)/t19-/m1/s1. The normalized spacial score (nSPS) is 15.9. The Morgan fingerprint density at radius 1 is 1.00 bits per heavy atom. The number of nitrogens with zero attached hydrogens (tertiary/aromatic N) is 1. The SMILES string of the molecule is CN(C(=O)c1cc2c(F)cccc2[nH]1)[C@@H]1CNCc2[nH]c(=O)c3cc(F)c(F)cc3c21. The summed E-state index contributed by atoms with van der Waals surface area (Å²) in [6.07, 6.45) is 0. The highest BCUT2D eigenvalue weighted by atomic mass is 19.2. The number of benzene rings is 2. The Morgan fingerprint density at radius 3 is 2.48 bits per heavy atom. The molecule has 0 saturated carbocycles. The molecule has 158 valence electrons. The van der Waals surface area contributed by atoms with Gasteiger partial charge in [0.05, 0.1) is 11.4 Å². The first-order chi connectivity index (χ1) is 14.8. The van der Waals surface area contributed by atoms with Crippen LogP contribution in [0.5, 0.6) is 0 Å². The van der Waals surface area contributed by atoms with Gasteiger partial charge in [-0.3, -0.25) is 9.59 Å². The summed E-state index contributed by atoms with van der Waals surface area (Å²) in [6.45, 7) is 0.652. The van der Waals surface area contributed by atoms with Gasteiger partial charge in [0.25, 0.3) is 11.5 Å². The van der Waals surface area contributed by atoms with E-state index in [4.69, 9.17) is 0 Å². The summed E-state index contributed by atoms with van der Waals surface area (Å²) in [6, 6.07) is 7.26. The van der Waals surface area contributed by atoms with Crippen LogP contribution in [0.25, 0.3) is 21.7 Å². The second-order valence-electron chi connectivity index (χ2n) is 7.61. The molecule has 0 radical (unpaired) electrons. The van der Waals surface area contributed by atoms with Gasteiger partial charge in [-0.15, -0.1) is 0 Å². The van der Waals surface area contributed by atoms with E-state index in [1.54, 1.807) is 19.2 Å². The number of likely N-dealkylation sites (N-methyl/N-ethyl adjacent to an activating group) is 1. The average molecular weight is 426 g/mol. The molecule has 1 amide bonds. The Morgan fingerprint density at radius 2 is 1.74 bits per heavy atom. The van der Waals surface area contributed by atoms with E-state index in [-0.39, 0.29) is 16.5 Å². The molecular weight excluding hydrogens is 409 g/mol. The molecule has 0 aliphatic carbocycles. The first kappa shape index (κ1) is 19.4. The molecule has 0 spiro atoms. The van der Waals surface area contributed by atoms with Crippen molar-refractivity contribution in [3.63, 3.8) is 0 Å². The number of hydrogen-bond donors (Lipinski definition) is 3. The minimum absolute atomic E-state index is 0.0121. The predicted octanol–water partition coefficient (Wildman–Crippen LogP) is 3.34. The van der Waals surface area contributed by atoms with E-state index in [9.17, 15) is 22.8 Å². The smallest absolute Gasteiger partial charge is 0.270 e. The van der Waals surface area contributed by atoms with Gasteiger partial charge in [-0.2, -0.15) is 0 Å². The van der Waals surface area contributed by atoms with Crippen LogP contribution in [0.4, 0.5) is 13.2 Å². The van der Waals surface area contributed by atoms with E-state index >= 15 is 0 Å². The Labute approximate surface area is 173 Å². The maximum absolute atomic E-state index is 14.0. The van der Waals surface area contributed by atoms with Crippen LogP contribution in [0.15, 0.2) is 41.2 Å². The third-order valence-corrected chi connectivity index (χ3v) is 5.79. The van der Waals surface area contributed by atoms with Crippen molar-refractivity contribution in [3.05, 3.63) is 81.2 Å².